The van der Waals surface area contributed by atoms with Gasteiger partial charge in [-0.2, -0.15) is 0 Å². The Kier molecular flexibility index (Phi) is 6.70. The Bertz CT molecular complexity index is 422. The van der Waals surface area contributed by atoms with Crippen LogP contribution in [0.3, 0.4) is 0 Å². The largest absolute Gasteiger partial charge is 0.466 e. The van der Waals surface area contributed by atoms with Crippen molar-refractivity contribution in [2.75, 3.05) is 6.61 Å². The minimum atomic E-state index is -0.742. The molecule has 1 aromatic carbocycles. The molecule has 5 heteroatoms. The Hall–Kier alpha value is -1.91. The average Bonchev–Trinajstić information content (AvgIpc) is 2.39. The van der Waals surface area contributed by atoms with Crippen LogP contribution in [-0.2, 0) is 19.1 Å². The molecule has 0 aliphatic carbocycles. The summed E-state index contributed by atoms with van der Waals surface area (Å²) >= 11 is 0. The van der Waals surface area contributed by atoms with E-state index in [4.69, 9.17) is 9.47 Å². The number of esters is 2. The standard InChI is InChI=1S/C15H19FO4/c1-3-5-14(17)20-13(10-15(18)19-4-2)11-6-8-12(16)9-7-11/h6-9,13H,3-5,10H2,1-2H3. The van der Waals surface area contributed by atoms with Crippen molar-refractivity contribution >= 4 is 11.9 Å². The molecule has 4 nitrogen and oxygen atoms in total. The monoisotopic (exact) mass is 282 g/mol. The molecule has 1 aromatic rings. The molecule has 110 valence electrons. The smallest absolute Gasteiger partial charge is 0.309 e. The Morgan fingerprint density at radius 2 is 1.80 bits per heavy atom. The van der Waals surface area contributed by atoms with Gasteiger partial charge in [0.05, 0.1) is 13.0 Å². The second-order valence-electron chi connectivity index (χ2n) is 4.29. The van der Waals surface area contributed by atoms with E-state index in [2.05, 4.69) is 0 Å². The number of ether oxygens (including phenoxy) is 2. The predicted molar refractivity (Wildman–Crippen MR) is 71.4 cm³/mol. The minimum Gasteiger partial charge on any atom is -0.466 e. The average molecular weight is 282 g/mol. The van der Waals surface area contributed by atoms with Gasteiger partial charge in [0.15, 0.2) is 0 Å². The van der Waals surface area contributed by atoms with Crippen molar-refractivity contribution in [3.63, 3.8) is 0 Å². The van der Waals surface area contributed by atoms with Gasteiger partial charge in [-0.3, -0.25) is 9.59 Å². The highest BCUT2D eigenvalue weighted by molar-refractivity contribution is 5.73. The van der Waals surface area contributed by atoms with Crippen molar-refractivity contribution in [2.45, 2.75) is 39.2 Å². The molecule has 1 unspecified atom stereocenters. The van der Waals surface area contributed by atoms with Gasteiger partial charge in [0.1, 0.15) is 11.9 Å². The van der Waals surface area contributed by atoms with E-state index in [0.29, 0.717) is 12.0 Å². The van der Waals surface area contributed by atoms with E-state index in [1.165, 1.54) is 24.3 Å². The van der Waals surface area contributed by atoms with Gasteiger partial charge in [-0.05, 0) is 31.0 Å². The lowest BCUT2D eigenvalue weighted by atomic mass is 10.1. The van der Waals surface area contributed by atoms with Crippen LogP contribution in [0, 0.1) is 5.82 Å². The number of halogens is 1. The summed E-state index contributed by atoms with van der Waals surface area (Å²) in [6.07, 6.45) is 0.123. The highest BCUT2D eigenvalue weighted by Crippen LogP contribution is 2.23. The van der Waals surface area contributed by atoms with E-state index < -0.39 is 12.1 Å². The third-order valence-electron chi connectivity index (χ3n) is 2.63. The van der Waals surface area contributed by atoms with E-state index in [-0.39, 0.29) is 31.2 Å². The van der Waals surface area contributed by atoms with Gasteiger partial charge in [0, 0.05) is 6.42 Å². The van der Waals surface area contributed by atoms with Crippen LogP contribution >= 0.6 is 0 Å². The SMILES string of the molecule is CCCC(=O)OC(CC(=O)OCC)c1ccc(F)cc1. The van der Waals surface area contributed by atoms with Crippen LogP contribution < -0.4 is 0 Å². The highest BCUT2D eigenvalue weighted by Gasteiger charge is 2.21. The molecule has 20 heavy (non-hydrogen) atoms. The van der Waals surface area contributed by atoms with E-state index in [1.807, 2.05) is 6.92 Å². The zero-order chi connectivity index (χ0) is 15.0. The first-order valence-electron chi connectivity index (χ1n) is 6.67. The molecule has 0 aliphatic heterocycles. The fraction of sp³-hybridized carbons (Fsp3) is 0.467. The summed E-state index contributed by atoms with van der Waals surface area (Å²) in [5, 5.41) is 0. The summed E-state index contributed by atoms with van der Waals surface area (Å²) in [5.41, 5.74) is 0.573. The first kappa shape index (κ1) is 16.1. The van der Waals surface area contributed by atoms with Gasteiger partial charge in [-0.15, -0.1) is 0 Å². The number of hydrogen-bond donors (Lipinski definition) is 0. The van der Waals surface area contributed by atoms with Crippen molar-refractivity contribution in [1.29, 1.82) is 0 Å². The van der Waals surface area contributed by atoms with Gasteiger partial charge >= 0.3 is 11.9 Å². The van der Waals surface area contributed by atoms with E-state index >= 15 is 0 Å². The molecule has 0 bridgehead atoms. The van der Waals surface area contributed by atoms with Crippen LogP contribution in [0.1, 0.15) is 44.8 Å². The van der Waals surface area contributed by atoms with Gasteiger partial charge in [-0.25, -0.2) is 4.39 Å². The summed E-state index contributed by atoms with van der Waals surface area (Å²) in [4.78, 5) is 23.1. The van der Waals surface area contributed by atoms with Crippen molar-refractivity contribution in [1.82, 2.24) is 0 Å². The first-order chi connectivity index (χ1) is 9.56. The fourth-order valence-electron chi connectivity index (χ4n) is 1.70. The van der Waals surface area contributed by atoms with Gasteiger partial charge in [-0.1, -0.05) is 19.1 Å². The number of carbonyl (C=O) groups excluding carboxylic acids is 2. The maximum absolute atomic E-state index is 12.9. The van der Waals surface area contributed by atoms with Crippen molar-refractivity contribution < 1.29 is 23.5 Å². The molecule has 0 aliphatic rings. The molecule has 0 amide bonds. The Morgan fingerprint density at radius 1 is 1.15 bits per heavy atom. The number of hydrogen-bond acceptors (Lipinski definition) is 4. The van der Waals surface area contributed by atoms with Crippen LogP contribution in [0.15, 0.2) is 24.3 Å². The van der Waals surface area contributed by atoms with Gasteiger partial charge < -0.3 is 9.47 Å². The lowest BCUT2D eigenvalue weighted by molar-refractivity contribution is -0.155. The summed E-state index contributed by atoms with van der Waals surface area (Å²) in [6.45, 7) is 3.82. The van der Waals surface area contributed by atoms with Gasteiger partial charge in [0.2, 0.25) is 0 Å². The molecule has 0 aromatic heterocycles. The van der Waals surface area contributed by atoms with E-state index in [9.17, 15) is 14.0 Å². The van der Waals surface area contributed by atoms with Crippen LogP contribution in [0.4, 0.5) is 4.39 Å². The summed E-state index contributed by atoms with van der Waals surface area (Å²) in [5.74, 6) is -1.22. The zero-order valence-electron chi connectivity index (χ0n) is 11.7. The van der Waals surface area contributed by atoms with Crippen LogP contribution in [0.2, 0.25) is 0 Å². The maximum atomic E-state index is 12.9. The van der Waals surface area contributed by atoms with Gasteiger partial charge in [0.25, 0.3) is 0 Å². The fourth-order valence-corrected chi connectivity index (χ4v) is 1.70. The molecular formula is C15H19FO4. The summed E-state index contributed by atoms with van der Waals surface area (Å²) in [7, 11) is 0. The minimum absolute atomic E-state index is 0.0745. The molecule has 0 saturated heterocycles. The van der Waals surface area contributed by atoms with E-state index in [0.717, 1.165) is 0 Å². The molecule has 0 heterocycles. The molecule has 0 radical (unpaired) electrons. The number of benzene rings is 1. The molecule has 1 atom stereocenters. The summed E-state index contributed by atoms with van der Waals surface area (Å²) < 4.78 is 23.0. The predicted octanol–water partition coefficient (Wildman–Crippen LogP) is 3.16. The van der Waals surface area contributed by atoms with Crippen LogP contribution in [-0.4, -0.2) is 18.5 Å². The first-order valence-corrected chi connectivity index (χ1v) is 6.67. The van der Waals surface area contributed by atoms with Crippen molar-refractivity contribution in [3.8, 4) is 0 Å². The van der Waals surface area contributed by atoms with Crippen molar-refractivity contribution in [2.24, 2.45) is 0 Å². The molecule has 0 fully saturated rings. The molecule has 0 spiro atoms. The molecular weight excluding hydrogens is 263 g/mol. The third kappa shape index (κ3) is 5.38. The van der Waals surface area contributed by atoms with E-state index in [1.54, 1.807) is 6.92 Å². The second kappa shape index (κ2) is 8.30. The van der Waals surface area contributed by atoms with Crippen molar-refractivity contribution in [3.05, 3.63) is 35.6 Å². The zero-order valence-corrected chi connectivity index (χ0v) is 11.7. The number of carbonyl (C=O) groups is 2. The highest BCUT2D eigenvalue weighted by atomic mass is 19.1. The normalized spacial score (nSPS) is 11.8. The summed E-state index contributed by atoms with van der Waals surface area (Å²) in [6, 6.07) is 5.53. The Labute approximate surface area is 117 Å². The van der Waals surface area contributed by atoms with Crippen LogP contribution in [0.25, 0.3) is 0 Å². The quantitative estimate of drug-likeness (QED) is 0.721. The lowest BCUT2D eigenvalue weighted by Gasteiger charge is -2.17. The second-order valence-corrected chi connectivity index (χ2v) is 4.29. The number of rotatable bonds is 7. The Balaban J connectivity index is 2.80. The Morgan fingerprint density at radius 3 is 2.35 bits per heavy atom. The lowest BCUT2D eigenvalue weighted by Crippen LogP contribution is -2.16. The topological polar surface area (TPSA) is 52.6 Å². The third-order valence-corrected chi connectivity index (χ3v) is 2.63. The molecule has 1 rings (SSSR count). The molecule has 0 saturated carbocycles. The molecule has 0 N–H and O–H groups in total. The maximum Gasteiger partial charge on any atom is 0.309 e. The van der Waals surface area contributed by atoms with Crippen LogP contribution in [0.5, 0.6) is 0 Å².